The van der Waals surface area contributed by atoms with Crippen molar-refractivity contribution in [2.75, 3.05) is 5.73 Å². The van der Waals surface area contributed by atoms with E-state index in [1.54, 1.807) is 6.07 Å². The minimum absolute atomic E-state index is 0.319. The van der Waals surface area contributed by atoms with Crippen LogP contribution in [-0.4, -0.2) is 15.2 Å². The number of hydrogen-bond donors (Lipinski definition) is 2. The summed E-state index contributed by atoms with van der Waals surface area (Å²) >= 11 is 1.47. The molecule has 78 valence electrons. The third-order valence-corrected chi connectivity index (χ3v) is 2.79. The topological polar surface area (TPSA) is 67.6 Å². The van der Waals surface area contributed by atoms with Crippen molar-refractivity contribution in [2.45, 2.75) is 10.9 Å². The molecule has 15 heavy (non-hydrogen) atoms. The van der Waals surface area contributed by atoms with Gasteiger partial charge in [-0.3, -0.25) is 5.10 Å². The van der Waals surface area contributed by atoms with Crippen LogP contribution in [0.2, 0.25) is 0 Å². The van der Waals surface area contributed by atoms with Crippen LogP contribution in [0.25, 0.3) is 0 Å². The Bertz CT molecular complexity index is 443. The zero-order valence-electron chi connectivity index (χ0n) is 7.77. The molecule has 0 amide bonds. The fourth-order valence-corrected chi connectivity index (χ4v) is 1.90. The molecule has 0 saturated carbocycles. The summed E-state index contributed by atoms with van der Waals surface area (Å²) in [5.74, 6) is 0.322. The number of aromatic amines is 1. The monoisotopic (exact) mass is 224 g/mol. The summed E-state index contributed by atoms with van der Waals surface area (Å²) in [5.41, 5.74) is 7.01. The number of hydrogen-bond acceptors (Lipinski definition) is 4. The molecule has 2 aromatic rings. The number of thioether (sulfide) groups is 1. The van der Waals surface area contributed by atoms with Crippen LogP contribution in [0.1, 0.15) is 5.56 Å². The van der Waals surface area contributed by atoms with Crippen LogP contribution in [0.15, 0.2) is 29.7 Å². The van der Waals surface area contributed by atoms with Crippen molar-refractivity contribution < 1.29 is 4.39 Å². The van der Waals surface area contributed by atoms with Gasteiger partial charge in [-0.05, 0) is 17.7 Å². The van der Waals surface area contributed by atoms with Gasteiger partial charge >= 0.3 is 0 Å². The van der Waals surface area contributed by atoms with Crippen molar-refractivity contribution in [3.05, 3.63) is 35.9 Å². The third kappa shape index (κ3) is 2.47. The molecular formula is C9H9FN4S. The molecule has 1 aromatic carbocycles. The van der Waals surface area contributed by atoms with Crippen LogP contribution in [0.4, 0.5) is 10.1 Å². The summed E-state index contributed by atoms with van der Waals surface area (Å²) in [6.45, 7) is 0. The summed E-state index contributed by atoms with van der Waals surface area (Å²) in [7, 11) is 0. The van der Waals surface area contributed by atoms with Gasteiger partial charge in [0.15, 0.2) is 5.16 Å². The molecule has 0 bridgehead atoms. The first-order valence-electron chi connectivity index (χ1n) is 4.28. The summed E-state index contributed by atoms with van der Waals surface area (Å²) in [5, 5.41) is 7.17. The molecule has 0 saturated heterocycles. The van der Waals surface area contributed by atoms with Crippen molar-refractivity contribution in [2.24, 2.45) is 0 Å². The van der Waals surface area contributed by atoms with Gasteiger partial charge in [0.2, 0.25) is 0 Å². The molecule has 3 N–H and O–H groups in total. The molecule has 0 aliphatic rings. The summed E-state index contributed by atoms with van der Waals surface area (Å²) < 4.78 is 12.7. The van der Waals surface area contributed by atoms with E-state index in [1.807, 2.05) is 0 Å². The zero-order valence-corrected chi connectivity index (χ0v) is 8.59. The molecule has 2 rings (SSSR count). The Morgan fingerprint density at radius 2 is 2.33 bits per heavy atom. The van der Waals surface area contributed by atoms with Crippen molar-refractivity contribution in [3.63, 3.8) is 0 Å². The number of aromatic nitrogens is 3. The maximum absolute atomic E-state index is 12.7. The molecule has 0 spiro atoms. The molecule has 6 heteroatoms. The molecule has 1 heterocycles. The molecule has 0 aliphatic heterocycles. The van der Waals surface area contributed by atoms with Gasteiger partial charge in [-0.2, -0.15) is 5.10 Å². The van der Waals surface area contributed by atoms with E-state index in [9.17, 15) is 4.39 Å². The second kappa shape index (κ2) is 4.31. The van der Waals surface area contributed by atoms with Crippen LogP contribution in [0.5, 0.6) is 0 Å². The van der Waals surface area contributed by atoms with E-state index < -0.39 is 0 Å². The Hall–Kier alpha value is -1.56. The minimum Gasteiger partial charge on any atom is -0.398 e. The van der Waals surface area contributed by atoms with Crippen LogP contribution in [0.3, 0.4) is 0 Å². The molecule has 0 unspecified atom stereocenters. The number of halogens is 1. The first-order chi connectivity index (χ1) is 7.25. The highest BCUT2D eigenvalue weighted by molar-refractivity contribution is 7.98. The lowest BCUT2D eigenvalue weighted by Gasteiger charge is -2.03. The van der Waals surface area contributed by atoms with E-state index >= 15 is 0 Å². The van der Waals surface area contributed by atoms with Gasteiger partial charge in [0.1, 0.15) is 12.1 Å². The molecule has 0 radical (unpaired) electrons. The number of rotatable bonds is 3. The molecule has 0 atom stereocenters. The van der Waals surface area contributed by atoms with Gasteiger partial charge in [-0.1, -0.05) is 17.8 Å². The molecule has 1 aromatic heterocycles. The third-order valence-electron chi connectivity index (χ3n) is 1.87. The zero-order chi connectivity index (χ0) is 10.7. The van der Waals surface area contributed by atoms with Crippen molar-refractivity contribution in [1.29, 1.82) is 0 Å². The Kier molecular flexibility index (Phi) is 2.86. The maximum Gasteiger partial charge on any atom is 0.183 e. The number of nitrogens with two attached hydrogens (primary N) is 1. The summed E-state index contributed by atoms with van der Waals surface area (Å²) in [4.78, 5) is 3.96. The van der Waals surface area contributed by atoms with Crippen molar-refractivity contribution in [1.82, 2.24) is 15.2 Å². The Morgan fingerprint density at radius 3 is 3.00 bits per heavy atom. The highest BCUT2D eigenvalue weighted by Crippen LogP contribution is 2.22. The fraction of sp³-hybridized carbons (Fsp3) is 0.111. The van der Waals surface area contributed by atoms with Gasteiger partial charge in [0.25, 0.3) is 0 Å². The predicted molar refractivity (Wildman–Crippen MR) is 56.8 cm³/mol. The van der Waals surface area contributed by atoms with E-state index in [-0.39, 0.29) is 5.82 Å². The second-order valence-electron chi connectivity index (χ2n) is 2.92. The highest BCUT2D eigenvalue weighted by atomic mass is 32.2. The lowest BCUT2D eigenvalue weighted by Crippen LogP contribution is -1.93. The fourth-order valence-electron chi connectivity index (χ4n) is 1.11. The molecule has 4 nitrogen and oxygen atoms in total. The van der Waals surface area contributed by atoms with E-state index in [1.165, 1.54) is 30.2 Å². The predicted octanol–water partition coefficient (Wildman–Crippen LogP) is 1.82. The minimum atomic E-state index is -0.319. The number of nitrogens with zero attached hydrogens (tertiary/aromatic N) is 2. The van der Waals surface area contributed by atoms with Gasteiger partial charge in [0, 0.05) is 11.4 Å². The summed E-state index contributed by atoms with van der Waals surface area (Å²) in [6.07, 6.45) is 1.44. The van der Waals surface area contributed by atoms with Gasteiger partial charge < -0.3 is 5.73 Å². The summed E-state index contributed by atoms with van der Waals surface area (Å²) in [6, 6.07) is 4.39. The van der Waals surface area contributed by atoms with Crippen LogP contribution < -0.4 is 5.73 Å². The second-order valence-corrected chi connectivity index (χ2v) is 3.89. The lowest BCUT2D eigenvalue weighted by atomic mass is 10.2. The van der Waals surface area contributed by atoms with Gasteiger partial charge in [-0.15, -0.1) is 0 Å². The first kappa shape index (κ1) is 9.97. The van der Waals surface area contributed by atoms with E-state index in [2.05, 4.69) is 15.2 Å². The van der Waals surface area contributed by atoms with Crippen LogP contribution in [-0.2, 0) is 5.75 Å². The van der Waals surface area contributed by atoms with Crippen molar-refractivity contribution >= 4 is 17.4 Å². The number of H-pyrrole nitrogens is 1. The SMILES string of the molecule is Nc1cc(F)ccc1CSc1ncn[nH]1. The number of nitrogen functional groups attached to an aromatic ring is 1. The van der Waals surface area contributed by atoms with Gasteiger partial charge in [0.05, 0.1) is 0 Å². The highest BCUT2D eigenvalue weighted by Gasteiger charge is 2.03. The van der Waals surface area contributed by atoms with Crippen LogP contribution in [0, 0.1) is 5.82 Å². The van der Waals surface area contributed by atoms with E-state index in [0.717, 1.165) is 10.7 Å². The lowest BCUT2D eigenvalue weighted by molar-refractivity contribution is 0.628. The molecule has 0 fully saturated rings. The first-order valence-corrected chi connectivity index (χ1v) is 5.26. The maximum atomic E-state index is 12.7. The smallest absolute Gasteiger partial charge is 0.183 e. The standard InChI is InChI=1S/C9H9FN4S/c10-7-2-1-6(8(11)3-7)4-15-9-12-5-13-14-9/h1-3,5H,4,11H2,(H,12,13,14). The number of anilines is 1. The normalized spacial score (nSPS) is 10.5. The quantitative estimate of drug-likeness (QED) is 0.616. The number of nitrogens with one attached hydrogen (secondary N) is 1. The van der Waals surface area contributed by atoms with E-state index in [4.69, 9.17) is 5.73 Å². The average Bonchev–Trinajstić information content (AvgIpc) is 2.69. The molecular weight excluding hydrogens is 215 g/mol. The van der Waals surface area contributed by atoms with E-state index in [0.29, 0.717) is 11.4 Å². The average molecular weight is 224 g/mol. The Balaban J connectivity index is 2.05. The van der Waals surface area contributed by atoms with Crippen LogP contribution >= 0.6 is 11.8 Å². The van der Waals surface area contributed by atoms with Crippen molar-refractivity contribution in [3.8, 4) is 0 Å². The molecule has 0 aliphatic carbocycles. The Morgan fingerprint density at radius 1 is 1.47 bits per heavy atom. The largest absolute Gasteiger partial charge is 0.398 e. The number of benzene rings is 1. The van der Waals surface area contributed by atoms with Gasteiger partial charge in [-0.25, -0.2) is 9.37 Å². The Labute approximate surface area is 90.1 Å².